The lowest BCUT2D eigenvalue weighted by molar-refractivity contribution is 0.144. The van der Waals surface area contributed by atoms with Gasteiger partial charge in [0.15, 0.2) is 0 Å². The van der Waals surface area contributed by atoms with E-state index >= 15 is 0 Å². The van der Waals surface area contributed by atoms with Gasteiger partial charge in [0.2, 0.25) is 0 Å². The number of hydrogen-bond donors (Lipinski definition) is 0. The summed E-state index contributed by atoms with van der Waals surface area (Å²) in [6.45, 7) is 3.25. The van der Waals surface area contributed by atoms with Gasteiger partial charge in [0.05, 0.1) is 0 Å². The van der Waals surface area contributed by atoms with Crippen LogP contribution in [0.25, 0.3) is 0 Å². The molecular formula is C10H16ClN3O3S. The lowest BCUT2D eigenvalue weighted by atomic mass is 10.3. The van der Waals surface area contributed by atoms with Gasteiger partial charge in [-0.1, -0.05) is 0 Å². The molecule has 6 nitrogen and oxygen atoms in total. The summed E-state index contributed by atoms with van der Waals surface area (Å²) < 4.78 is 29.7. The van der Waals surface area contributed by atoms with Crippen LogP contribution in [0.15, 0.2) is 5.16 Å². The third-order valence-electron chi connectivity index (χ3n) is 2.76. The van der Waals surface area contributed by atoms with Gasteiger partial charge in [0.25, 0.3) is 14.2 Å². The Morgan fingerprint density at radius 2 is 2.17 bits per heavy atom. The van der Waals surface area contributed by atoms with E-state index in [-0.39, 0.29) is 11.2 Å². The van der Waals surface area contributed by atoms with Gasteiger partial charge < -0.3 is 4.74 Å². The van der Waals surface area contributed by atoms with E-state index in [1.807, 2.05) is 6.92 Å². The standard InChI is InChI=1S/C10H16ClN3O3S/c1-2-17-7-3-4-9-12-13-10(18(11,15)16)14(9)8-5-6-8/h8H,2-7H2,1H3. The molecule has 0 atom stereocenters. The maximum atomic E-state index is 11.4. The van der Waals surface area contributed by atoms with E-state index in [1.165, 1.54) is 0 Å². The Balaban J connectivity index is 2.13. The molecule has 0 saturated heterocycles. The molecule has 0 amide bonds. The zero-order valence-corrected chi connectivity index (χ0v) is 11.7. The van der Waals surface area contributed by atoms with Gasteiger partial charge in [-0.3, -0.25) is 4.57 Å². The molecule has 1 saturated carbocycles. The number of halogens is 1. The summed E-state index contributed by atoms with van der Waals surface area (Å²) >= 11 is 0. The molecule has 0 unspecified atom stereocenters. The van der Waals surface area contributed by atoms with E-state index in [4.69, 9.17) is 15.4 Å². The minimum atomic E-state index is -3.82. The van der Waals surface area contributed by atoms with Crippen molar-refractivity contribution in [2.24, 2.45) is 0 Å². The summed E-state index contributed by atoms with van der Waals surface area (Å²) in [5, 5.41) is 7.51. The highest BCUT2D eigenvalue weighted by Crippen LogP contribution is 2.38. The molecule has 102 valence electrons. The number of hydrogen-bond acceptors (Lipinski definition) is 5. The van der Waals surface area contributed by atoms with Gasteiger partial charge in [0.1, 0.15) is 5.82 Å². The molecule has 1 fully saturated rings. The van der Waals surface area contributed by atoms with E-state index < -0.39 is 9.05 Å². The highest BCUT2D eigenvalue weighted by Gasteiger charge is 2.33. The van der Waals surface area contributed by atoms with Crippen molar-refractivity contribution in [3.05, 3.63) is 5.82 Å². The van der Waals surface area contributed by atoms with Gasteiger partial charge in [-0.05, 0) is 26.2 Å². The summed E-state index contributed by atoms with van der Waals surface area (Å²) in [7, 11) is 1.53. The molecular weight excluding hydrogens is 278 g/mol. The Morgan fingerprint density at radius 1 is 1.44 bits per heavy atom. The highest BCUT2D eigenvalue weighted by atomic mass is 35.7. The van der Waals surface area contributed by atoms with E-state index in [9.17, 15) is 8.42 Å². The lowest BCUT2D eigenvalue weighted by Gasteiger charge is -2.07. The number of rotatable bonds is 7. The average molecular weight is 294 g/mol. The zero-order chi connectivity index (χ0) is 13.2. The Bertz CT molecular complexity index is 510. The van der Waals surface area contributed by atoms with Crippen LogP contribution in [0.1, 0.15) is 38.1 Å². The first-order valence-corrected chi connectivity index (χ1v) is 8.31. The molecule has 1 heterocycles. The van der Waals surface area contributed by atoms with E-state index in [2.05, 4.69) is 10.2 Å². The topological polar surface area (TPSA) is 74.1 Å². The second kappa shape index (κ2) is 5.54. The molecule has 0 aromatic carbocycles. The van der Waals surface area contributed by atoms with E-state index in [1.54, 1.807) is 4.57 Å². The van der Waals surface area contributed by atoms with Crippen LogP contribution in [-0.4, -0.2) is 36.4 Å². The third kappa shape index (κ3) is 3.21. The molecule has 1 aromatic heterocycles. The van der Waals surface area contributed by atoms with E-state index in [0.717, 1.165) is 19.3 Å². The van der Waals surface area contributed by atoms with Gasteiger partial charge in [-0.2, -0.15) is 0 Å². The molecule has 0 N–H and O–H groups in total. The van der Waals surface area contributed by atoms with Crippen LogP contribution in [0.5, 0.6) is 0 Å². The Hall–Kier alpha value is -0.660. The van der Waals surface area contributed by atoms with Crippen molar-refractivity contribution in [2.75, 3.05) is 13.2 Å². The summed E-state index contributed by atoms with van der Waals surface area (Å²) in [5.41, 5.74) is 0. The highest BCUT2D eigenvalue weighted by molar-refractivity contribution is 8.13. The minimum Gasteiger partial charge on any atom is -0.382 e. The first-order valence-electron chi connectivity index (χ1n) is 6.00. The van der Waals surface area contributed by atoms with Gasteiger partial charge in [-0.25, -0.2) is 8.42 Å². The Morgan fingerprint density at radius 3 is 2.72 bits per heavy atom. The SMILES string of the molecule is CCOCCCc1nnc(S(=O)(=O)Cl)n1C1CC1. The average Bonchev–Trinajstić information content (AvgIpc) is 3.04. The lowest BCUT2D eigenvalue weighted by Crippen LogP contribution is -2.09. The molecule has 1 aliphatic rings. The largest absolute Gasteiger partial charge is 0.382 e. The second-order valence-electron chi connectivity index (χ2n) is 4.24. The van der Waals surface area contributed by atoms with Crippen molar-refractivity contribution in [3.8, 4) is 0 Å². The molecule has 0 aliphatic heterocycles. The molecule has 1 aliphatic carbocycles. The molecule has 1 aromatic rings. The molecule has 0 bridgehead atoms. The quantitative estimate of drug-likeness (QED) is 0.563. The number of aromatic nitrogens is 3. The molecule has 0 radical (unpaired) electrons. The van der Waals surface area contributed by atoms with Crippen molar-refractivity contribution in [2.45, 2.75) is 43.8 Å². The maximum absolute atomic E-state index is 11.4. The Kier molecular flexibility index (Phi) is 4.24. The number of nitrogens with zero attached hydrogens (tertiary/aromatic N) is 3. The van der Waals surface area contributed by atoms with Crippen molar-refractivity contribution < 1.29 is 13.2 Å². The summed E-state index contributed by atoms with van der Waals surface area (Å²) in [6, 6.07) is 0.186. The summed E-state index contributed by atoms with van der Waals surface area (Å²) in [6.07, 6.45) is 3.35. The monoisotopic (exact) mass is 293 g/mol. The molecule has 18 heavy (non-hydrogen) atoms. The van der Waals surface area contributed by atoms with Gasteiger partial charge in [-0.15, -0.1) is 10.2 Å². The first-order chi connectivity index (χ1) is 8.54. The smallest absolute Gasteiger partial charge is 0.296 e. The van der Waals surface area contributed by atoms with Crippen LogP contribution in [0.3, 0.4) is 0 Å². The van der Waals surface area contributed by atoms with Gasteiger partial charge in [0, 0.05) is 36.4 Å². The predicted molar refractivity (Wildman–Crippen MR) is 66.1 cm³/mol. The van der Waals surface area contributed by atoms with E-state index in [0.29, 0.717) is 25.5 Å². The molecule has 0 spiro atoms. The Labute approximate surface area is 111 Å². The fraction of sp³-hybridized carbons (Fsp3) is 0.800. The second-order valence-corrected chi connectivity index (χ2v) is 6.70. The fourth-order valence-corrected chi connectivity index (χ4v) is 2.76. The van der Waals surface area contributed by atoms with Crippen LogP contribution in [0.4, 0.5) is 0 Å². The first kappa shape index (κ1) is 13.8. The molecule has 2 rings (SSSR count). The van der Waals surface area contributed by atoms with Crippen LogP contribution < -0.4 is 0 Å². The third-order valence-corrected chi connectivity index (χ3v) is 3.89. The van der Waals surface area contributed by atoms with Crippen LogP contribution in [0.2, 0.25) is 0 Å². The maximum Gasteiger partial charge on any atom is 0.296 e. The number of ether oxygens (including phenoxy) is 1. The van der Waals surface area contributed by atoms with Crippen LogP contribution in [-0.2, 0) is 20.2 Å². The summed E-state index contributed by atoms with van der Waals surface area (Å²) in [5.74, 6) is 0.677. The predicted octanol–water partition coefficient (Wildman–Crippen LogP) is 1.51. The zero-order valence-electron chi connectivity index (χ0n) is 10.2. The fourth-order valence-electron chi connectivity index (χ4n) is 1.82. The van der Waals surface area contributed by atoms with Crippen molar-refractivity contribution in [3.63, 3.8) is 0 Å². The molecule has 8 heteroatoms. The van der Waals surface area contributed by atoms with Crippen molar-refractivity contribution >= 4 is 19.7 Å². The normalized spacial score (nSPS) is 16.1. The van der Waals surface area contributed by atoms with Gasteiger partial charge >= 0.3 is 0 Å². The van der Waals surface area contributed by atoms with Crippen molar-refractivity contribution in [1.29, 1.82) is 0 Å². The van der Waals surface area contributed by atoms with Crippen molar-refractivity contribution in [1.82, 2.24) is 14.8 Å². The number of aryl methyl sites for hydroxylation is 1. The minimum absolute atomic E-state index is 0.127. The van der Waals surface area contributed by atoms with Crippen LogP contribution >= 0.6 is 10.7 Å². The van der Waals surface area contributed by atoms with Crippen LogP contribution in [0, 0.1) is 0 Å². The summed E-state index contributed by atoms with van der Waals surface area (Å²) in [4.78, 5) is 0.